The van der Waals surface area contributed by atoms with Crippen molar-refractivity contribution in [2.45, 2.75) is 24.5 Å². The molecule has 10 heteroatoms. The van der Waals surface area contributed by atoms with Crippen molar-refractivity contribution >= 4 is 11.7 Å². The van der Waals surface area contributed by atoms with Crippen molar-refractivity contribution in [1.29, 1.82) is 0 Å². The van der Waals surface area contributed by atoms with Crippen LogP contribution in [-0.2, 0) is 4.74 Å². The summed E-state index contributed by atoms with van der Waals surface area (Å²) in [7, 11) is 1.51. The SMILES string of the molecule is COc1ccc(C(=O)Nc2ccn([C@H]3O[C@@H](CO)[C@@H](O)[C@@H]3O)c(=O)n2)cc1. The maximum atomic E-state index is 12.2. The Kier molecular flexibility index (Phi) is 5.51. The summed E-state index contributed by atoms with van der Waals surface area (Å²) in [5, 5.41) is 31.4. The molecular formula is C17H19N3O7. The number of carbonyl (C=O) groups excluding carboxylic acids is 1. The Balaban J connectivity index is 1.75. The van der Waals surface area contributed by atoms with Gasteiger partial charge in [0, 0.05) is 11.8 Å². The lowest BCUT2D eigenvalue weighted by molar-refractivity contribution is -0.0549. The van der Waals surface area contributed by atoms with E-state index in [0.717, 1.165) is 4.57 Å². The molecule has 4 atom stereocenters. The summed E-state index contributed by atoms with van der Waals surface area (Å²) in [6.45, 7) is -0.507. The number of methoxy groups -OCH3 is 1. The van der Waals surface area contributed by atoms with Crippen LogP contribution in [0.4, 0.5) is 5.82 Å². The zero-order valence-corrected chi connectivity index (χ0v) is 14.3. The van der Waals surface area contributed by atoms with Gasteiger partial charge in [-0.1, -0.05) is 0 Å². The highest BCUT2D eigenvalue weighted by Crippen LogP contribution is 2.28. The van der Waals surface area contributed by atoms with E-state index >= 15 is 0 Å². The molecule has 144 valence electrons. The van der Waals surface area contributed by atoms with Gasteiger partial charge in [-0.3, -0.25) is 9.36 Å². The second-order valence-electron chi connectivity index (χ2n) is 5.91. The number of hydrogen-bond acceptors (Lipinski definition) is 8. The normalized spacial score (nSPS) is 24.6. The lowest BCUT2D eigenvalue weighted by Gasteiger charge is -2.17. The molecule has 1 aliphatic heterocycles. The Morgan fingerprint density at radius 1 is 1.26 bits per heavy atom. The fourth-order valence-corrected chi connectivity index (χ4v) is 2.72. The summed E-state index contributed by atoms with van der Waals surface area (Å²) in [4.78, 5) is 28.2. The van der Waals surface area contributed by atoms with E-state index in [-0.39, 0.29) is 5.82 Å². The van der Waals surface area contributed by atoms with Gasteiger partial charge in [-0.2, -0.15) is 4.98 Å². The van der Waals surface area contributed by atoms with E-state index in [2.05, 4.69) is 10.3 Å². The number of carbonyl (C=O) groups is 1. The van der Waals surface area contributed by atoms with E-state index in [1.807, 2.05) is 0 Å². The quantitative estimate of drug-likeness (QED) is 0.526. The Bertz CT molecular complexity index is 868. The van der Waals surface area contributed by atoms with Crippen LogP contribution in [-0.4, -0.2) is 62.8 Å². The first-order valence-electron chi connectivity index (χ1n) is 8.11. The van der Waals surface area contributed by atoms with Crippen molar-refractivity contribution < 1.29 is 29.6 Å². The third kappa shape index (κ3) is 3.83. The third-order valence-electron chi connectivity index (χ3n) is 4.22. The molecule has 0 unspecified atom stereocenters. The van der Waals surface area contributed by atoms with E-state index in [9.17, 15) is 19.8 Å². The number of rotatable bonds is 5. The monoisotopic (exact) mass is 377 g/mol. The molecule has 4 N–H and O–H groups in total. The van der Waals surface area contributed by atoms with Crippen LogP contribution in [0, 0.1) is 0 Å². The van der Waals surface area contributed by atoms with Crippen molar-refractivity contribution in [2.24, 2.45) is 0 Å². The number of aromatic nitrogens is 2. The molecule has 0 bridgehead atoms. The van der Waals surface area contributed by atoms with Gasteiger partial charge in [0.05, 0.1) is 13.7 Å². The van der Waals surface area contributed by atoms with Gasteiger partial charge >= 0.3 is 5.69 Å². The summed E-state index contributed by atoms with van der Waals surface area (Å²) in [6, 6.07) is 7.74. The third-order valence-corrected chi connectivity index (χ3v) is 4.22. The summed E-state index contributed by atoms with van der Waals surface area (Å²) in [5.74, 6) is 0.157. The first-order valence-corrected chi connectivity index (χ1v) is 8.11. The molecule has 1 aliphatic rings. The molecule has 1 saturated heterocycles. The van der Waals surface area contributed by atoms with Crippen LogP contribution < -0.4 is 15.7 Å². The standard InChI is InChI=1S/C17H19N3O7/c1-26-10-4-2-9(3-5-10)15(24)18-12-6-7-20(17(25)19-12)16-14(23)13(22)11(8-21)27-16/h2-7,11,13-14,16,21-23H,8H2,1H3,(H,18,19,24,25)/t11-,13+,14-,16-/m0/s1. The van der Waals surface area contributed by atoms with Crippen molar-refractivity contribution in [3.8, 4) is 5.75 Å². The van der Waals surface area contributed by atoms with Crippen molar-refractivity contribution in [3.63, 3.8) is 0 Å². The van der Waals surface area contributed by atoms with Gasteiger partial charge in [0.2, 0.25) is 0 Å². The predicted molar refractivity (Wildman–Crippen MR) is 92.5 cm³/mol. The lowest BCUT2D eigenvalue weighted by atomic mass is 10.1. The van der Waals surface area contributed by atoms with Crippen molar-refractivity contribution in [3.05, 3.63) is 52.6 Å². The molecule has 0 aliphatic carbocycles. The Morgan fingerprint density at radius 3 is 2.52 bits per heavy atom. The number of aliphatic hydroxyl groups excluding tert-OH is 3. The first kappa shape index (κ1) is 19.0. The van der Waals surface area contributed by atoms with Gasteiger partial charge in [0.1, 0.15) is 29.9 Å². The second-order valence-corrected chi connectivity index (χ2v) is 5.91. The molecule has 3 rings (SSSR count). The highest BCUT2D eigenvalue weighted by molar-refractivity contribution is 6.03. The van der Waals surface area contributed by atoms with E-state index in [1.54, 1.807) is 24.3 Å². The van der Waals surface area contributed by atoms with E-state index in [4.69, 9.17) is 14.6 Å². The van der Waals surface area contributed by atoms with Crippen LogP contribution in [0.2, 0.25) is 0 Å². The molecule has 10 nitrogen and oxygen atoms in total. The average molecular weight is 377 g/mol. The Hall–Kier alpha value is -2.79. The van der Waals surface area contributed by atoms with Gasteiger partial charge in [0.15, 0.2) is 6.23 Å². The zero-order valence-electron chi connectivity index (χ0n) is 14.3. The fraction of sp³-hybridized carbons (Fsp3) is 0.353. The fourth-order valence-electron chi connectivity index (χ4n) is 2.72. The van der Waals surface area contributed by atoms with Crippen molar-refractivity contribution in [2.75, 3.05) is 19.0 Å². The predicted octanol–water partition coefficient (Wildman–Crippen LogP) is -0.884. The molecule has 1 aromatic carbocycles. The van der Waals surface area contributed by atoms with Gasteiger partial charge in [-0.25, -0.2) is 4.79 Å². The highest BCUT2D eigenvalue weighted by atomic mass is 16.6. The van der Waals surface area contributed by atoms with Crippen LogP contribution in [0.5, 0.6) is 5.75 Å². The number of nitrogens with one attached hydrogen (secondary N) is 1. The minimum atomic E-state index is -1.40. The first-order chi connectivity index (χ1) is 12.9. The molecule has 0 radical (unpaired) electrons. The van der Waals surface area contributed by atoms with Crippen LogP contribution >= 0.6 is 0 Å². The number of anilines is 1. The van der Waals surface area contributed by atoms with E-state index < -0.39 is 42.7 Å². The lowest BCUT2D eigenvalue weighted by Crippen LogP contribution is -2.36. The van der Waals surface area contributed by atoms with Crippen LogP contribution in [0.3, 0.4) is 0 Å². The smallest absolute Gasteiger partial charge is 0.351 e. The molecule has 0 saturated carbocycles. The van der Waals surface area contributed by atoms with Crippen LogP contribution in [0.1, 0.15) is 16.6 Å². The topological polar surface area (TPSA) is 143 Å². The maximum Gasteiger partial charge on any atom is 0.351 e. The van der Waals surface area contributed by atoms with Gasteiger partial charge in [-0.05, 0) is 30.3 Å². The number of aliphatic hydroxyl groups is 3. The number of hydrogen-bond donors (Lipinski definition) is 4. The Morgan fingerprint density at radius 2 is 1.96 bits per heavy atom. The van der Waals surface area contributed by atoms with Crippen molar-refractivity contribution in [1.82, 2.24) is 9.55 Å². The summed E-state index contributed by atoms with van der Waals surface area (Å²) in [5.41, 5.74) is -0.442. The minimum Gasteiger partial charge on any atom is -0.497 e. The molecule has 1 fully saturated rings. The number of nitrogens with zero attached hydrogens (tertiary/aromatic N) is 2. The minimum absolute atomic E-state index is 0.0174. The number of ether oxygens (including phenoxy) is 2. The molecule has 2 heterocycles. The Labute approximate surface area is 153 Å². The summed E-state index contributed by atoms with van der Waals surface area (Å²) in [6.07, 6.45) is -3.66. The molecule has 2 aromatic rings. The molecule has 1 aromatic heterocycles. The highest BCUT2D eigenvalue weighted by Gasteiger charge is 2.43. The molecule has 1 amide bonds. The average Bonchev–Trinajstić information content (AvgIpc) is 2.96. The summed E-state index contributed by atoms with van der Waals surface area (Å²) >= 11 is 0. The summed E-state index contributed by atoms with van der Waals surface area (Å²) < 4.78 is 11.3. The number of amides is 1. The molecule has 0 spiro atoms. The van der Waals surface area contributed by atoms with E-state index in [0.29, 0.717) is 11.3 Å². The second kappa shape index (κ2) is 7.84. The van der Waals surface area contributed by atoms with E-state index in [1.165, 1.54) is 19.4 Å². The largest absolute Gasteiger partial charge is 0.497 e. The molecule has 27 heavy (non-hydrogen) atoms. The van der Waals surface area contributed by atoms with Gasteiger partial charge < -0.3 is 30.1 Å². The number of benzene rings is 1. The molecular weight excluding hydrogens is 358 g/mol. The zero-order chi connectivity index (χ0) is 19.6. The maximum absolute atomic E-state index is 12.2. The van der Waals surface area contributed by atoms with Crippen LogP contribution in [0.15, 0.2) is 41.3 Å². The van der Waals surface area contributed by atoms with Gasteiger partial charge in [0.25, 0.3) is 5.91 Å². The van der Waals surface area contributed by atoms with Crippen LogP contribution in [0.25, 0.3) is 0 Å². The van der Waals surface area contributed by atoms with Gasteiger partial charge in [-0.15, -0.1) is 0 Å².